The quantitative estimate of drug-likeness (QED) is 0.453. The summed E-state index contributed by atoms with van der Waals surface area (Å²) in [6.07, 6.45) is -0.215. The van der Waals surface area contributed by atoms with Gasteiger partial charge in [-0.3, -0.25) is 9.59 Å². The van der Waals surface area contributed by atoms with Gasteiger partial charge in [0.15, 0.2) is 0 Å². The standard InChI is InChI=1S/C19H22N2O4/c22-18(25-14-15-7-3-1-4-8-15)13-17(19(23)24)21-12-11-20-16-9-5-2-6-10-16/h1-10,17,20-21H,11-14H2,(H,23,24)/t17-/m0/s1. The summed E-state index contributed by atoms with van der Waals surface area (Å²) in [5.41, 5.74) is 1.82. The molecule has 1 atom stereocenters. The Morgan fingerprint density at radius 3 is 2.24 bits per heavy atom. The van der Waals surface area contributed by atoms with Crippen molar-refractivity contribution >= 4 is 17.6 Å². The maximum atomic E-state index is 11.8. The van der Waals surface area contributed by atoms with Crippen LogP contribution < -0.4 is 10.6 Å². The van der Waals surface area contributed by atoms with Crippen LogP contribution in [0.25, 0.3) is 0 Å². The molecule has 0 fully saturated rings. The minimum absolute atomic E-state index is 0.140. The second-order valence-electron chi connectivity index (χ2n) is 5.49. The Balaban J connectivity index is 1.70. The number of aliphatic carboxylic acids is 1. The van der Waals surface area contributed by atoms with E-state index in [0.29, 0.717) is 13.1 Å². The predicted octanol–water partition coefficient (Wildman–Crippen LogP) is 2.27. The third-order valence-electron chi connectivity index (χ3n) is 3.53. The molecule has 0 saturated heterocycles. The van der Waals surface area contributed by atoms with Crippen LogP contribution in [-0.4, -0.2) is 36.2 Å². The molecule has 6 heteroatoms. The number of ether oxygens (including phenoxy) is 1. The fraction of sp³-hybridized carbons (Fsp3) is 0.263. The lowest BCUT2D eigenvalue weighted by molar-refractivity contribution is -0.150. The summed E-state index contributed by atoms with van der Waals surface area (Å²) in [7, 11) is 0. The predicted molar refractivity (Wildman–Crippen MR) is 95.2 cm³/mol. The van der Waals surface area contributed by atoms with Gasteiger partial charge in [0.1, 0.15) is 12.6 Å². The minimum Gasteiger partial charge on any atom is -0.480 e. The van der Waals surface area contributed by atoms with Crippen LogP contribution in [0.15, 0.2) is 60.7 Å². The van der Waals surface area contributed by atoms with Crippen molar-refractivity contribution < 1.29 is 19.4 Å². The Morgan fingerprint density at radius 1 is 0.960 bits per heavy atom. The zero-order valence-electron chi connectivity index (χ0n) is 13.9. The molecule has 0 aliphatic rings. The molecule has 0 radical (unpaired) electrons. The Morgan fingerprint density at radius 2 is 1.60 bits per heavy atom. The van der Waals surface area contributed by atoms with Crippen molar-refractivity contribution in [1.29, 1.82) is 0 Å². The molecule has 2 rings (SSSR count). The third kappa shape index (κ3) is 7.05. The first-order valence-electron chi connectivity index (χ1n) is 8.10. The number of esters is 1. The van der Waals surface area contributed by atoms with E-state index in [1.54, 1.807) is 0 Å². The van der Waals surface area contributed by atoms with Crippen molar-refractivity contribution in [3.63, 3.8) is 0 Å². The SMILES string of the molecule is O=C(C[C@H](NCCNc1ccccc1)C(=O)O)OCc1ccccc1. The van der Waals surface area contributed by atoms with Crippen molar-refractivity contribution in [3.8, 4) is 0 Å². The topological polar surface area (TPSA) is 87.7 Å². The second kappa shape index (κ2) is 10.1. The van der Waals surface area contributed by atoms with Crippen LogP contribution in [-0.2, 0) is 20.9 Å². The first kappa shape index (κ1) is 18.5. The number of carbonyl (C=O) groups is 2. The highest BCUT2D eigenvalue weighted by molar-refractivity contribution is 5.81. The van der Waals surface area contributed by atoms with Crippen LogP contribution in [0.5, 0.6) is 0 Å². The molecule has 0 spiro atoms. The van der Waals surface area contributed by atoms with Gasteiger partial charge in [-0.1, -0.05) is 48.5 Å². The van der Waals surface area contributed by atoms with Gasteiger partial charge in [0.2, 0.25) is 0 Å². The number of anilines is 1. The summed E-state index contributed by atoms with van der Waals surface area (Å²) < 4.78 is 5.13. The monoisotopic (exact) mass is 342 g/mol. The molecule has 2 aromatic rings. The van der Waals surface area contributed by atoms with Crippen molar-refractivity contribution in [2.45, 2.75) is 19.1 Å². The summed E-state index contributed by atoms with van der Waals surface area (Å²) >= 11 is 0. The van der Waals surface area contributed by atoms with E-state index in [-0.39, 0.29) is 13.0 Å². The van der Waals surface area contributed by atoms with Gasteiger partial charge in [-0.25, -0.2) is 0 Å². The number of carbonyl (C=O) groups excluding carboxylic acids is 1. The number of benzene rings is 2. The molecule has 6 nitrogen and oxygen atoms in total. The minimum atomic E-state index is -1.07. The van der Waals surface area contributed by atoms with Crippen molar-refractivity contribution in [3.05, 3.63) is 66.2 Å². The molecule has 0 amide bonds. The summed E-state index contributed by atoms with van der Waals surface area (Å²) in [5, 5.41) is 15.3. The molecule has 25 heavy (non-hydrogen) atoms. The van der Waals surface area contributed by atoms with E-state index in [9.17, 15) is 14.7 Å². The second-order valence-corrected chi connectivity index (χ2v) is 5.49. The summed E-state index contributed by atoms with van der Waals surface area (Å²) in [6.45, 7) is 1.10. The molecule has 0 unspecified atom stereocenters. The highest BCUT2D eigenvalue weighted by atomic mass is 16.5. The highest BCUT2D eigenvalue weighted by Gasteiger charge is 2.21. The molecular weight excluding hydrogens is 320 g/mol. The Bertz CT molecular complexity index is 662. The Labute approximate surface area is 146 Å². The lowest BCUT2D eigenvalue weighted by Crippen LogP contribution is -2.41. The van der Waals surface area contributed by atoms with Gasteiger partial charge in [-0.2, -0.15) is 0 Å². The van der Waals surface area contributed by atoms with E-state index < -0.39 is 18.0 Å². The van der Waals surface area contributed by atoms with Crippen LogP contribution in [0.4, 0.5) is 5.69 Å². The Hall–Kier alpha value is -2.86. The van der Waals surface area contributed by atoms with Gasteiger partial charge in [-0.15, -0.1) is 0 Å². The summed E-state index contributed by atoms with van der Waals surface area (Å²) in [6, 6.07) is 17.9. The van der Waals surface area contributed by atoms with Crippen molar-refractivity contribution in [2.75, 3.05) is 18.4 Å². The third-order valence-corrected chi connectivity index (χ3v) is 3.53. The fourth-order valence-corrected chi connectivity index (χ4v) is 2.22. The van der Waals surface area contributed by atoms with Gasteiger partial charge in [-0.05, 0) is 17.7 Å². The number of rotatable bonds is 10. The summed E-state index contributed by atoms with van der Waals surface area (Å²) in [5.74, 6) is -1.61. The van der Waals surface area contributed by atoms with Crippen LogP contribution in [0.3, 0.4) is 0 Å². The molecular formula is C19H22N2O4. The van der Waals surface area contributed by atoms with Crippen LogP contribution in [0.1, 0.15) is 12.0 Å². The number of carboxylic acids is 1. The van der Waals surface area contributed by atoms with E-state index in [1.807, 2.05) is 60.7 Å². The van der Waals surface area contributed by atoms with E-state index in [1.165, 1.54) is 0 Å². The normalized spacial score (nSPS) is 11.5. The maximum Gasteiger partial charge on any atom is 0.321 e. The molecule has 2 aromatic carbocycles. The number of para-hydroxylation sites is 1. The largest absolute Gasteiger partial charge is 0.480 e. The molecule has 0 bridgehead atoms. The lowest BCUT2D eigenvalue weighted by Gasteiger charge is -2.14. The molecule has 0 heterocycles. The molecule has 0 aromatic heterocycles. The number of hydrogen-bond acceptors (Lipinski definition) is 5. The first-order chi connectivity index (χ1) is 12.1. The smallest absolute Gasteiger partial charge is 0.321 e. The number of nitrogens with one attached hydrogen (secondary N) is 2. The Kier molecular flexibility index (Phi) is 7.46. The number of hydrogen-bond donors (Lipinski definition) is 3. The lowest BCUT2D eigenvalue weighted by atomic mass is 10.2. The maximum absolute atomic E-state index is 11.8. The fourth-order valence-electron chi connectivity index (χ4n) is 2.22. The van der Waals surface area contributed by atoms with E-state index in [0.717, 1.165) is 11.3 Å². The van der Waals surface area contributed by atoms with Gasteiger partial charge in [0.25, 0.3) is 0 Å². The van der Waals surface area contributed by atoms with E-state index >= 15 is 0 Å². The molecule has 0 saturated carbocycles. The van der Waals surface area contributed by atoms with E-state index in [4.69, 9.17) is 4.74 Å². The van der Waals surface area contributed by atoms with Gasteiger partial charge in [0.05, 0.1) is 6.42 Å². The van der Waals surface area contributed by atoms with Gasteiger partial charge in [0, 0.05) is 18.8 Å². The van der Waals surface area contributed by atoms with Crippen LogP contribution >= 0.6 is 0 Å². The molecule has 0 aliphatic carbocycles. The van der Waals surface area contributed by atoms with Crippen LogP contribution in [0.2, 0.25) is 0 Å². The summed E-state index contributed by atoms with van der Waals surface area (Å²) in [4.78, 5) is 23.1. The average Bonchev–Trinajstić information content (AvgIpc) is 2.64. The van der Waals surface area contributed by atoms with Gasteiger partial charge < -0.3 is 20.5 Å². The van der Waals surface area contributed by atoms with Crippen molar-refractivity contribution in [2.24, 2.45) is 0 Å². The van der Waals surface area contributed by atoms with Crippen LogP contribution in [0, 0.1) is 0 Å². The molecule has 0 aliphatic heterocycles. The van der Waals surface area contributed by atoms with E-state index in [2.05, 4.69) is 10.6 Å². The zero-order valence-corrected chi connectivity index (χ0v) is 13.9. The van der Waals surface area contributed by atoms with Crippen molar-refractivity contribution in [1.82, 2.24) is 5.32 Å². The molecule has 3 N–H and O–H groups in total. The van der Waals surface area contributed by atoms with Gasteiger partial charge >= 0.3 is 11.9 Å². The first-order valence-corrected chi connectivity index (χ1v) is 8.10. The highest BCUT2D eigenvalue weighted by Crippen LogP contribution is 2.05. The average molecular weight is 342 g/mol. The zero-order chi connectivity index (χ0) is 17.9. The number of carboxylic acid groups (broad SMARTS) is 1. The molecule has 132 valence electrons.